The van der Waals surface area contributed by atoms with Gasteiger partial charge in [0.1, 0.15) is 0 Å². The maximum absolute atomic E-state index is 10.7. The summed E-state index contributed by atoms with van der Waals surface area (Å²) >= 11 is 0. The van der Waals surface area contributed by atoms with Gasteiger partial charge in [-0.15, -0.1) is 0 Å². The number of rotatable bonds is 5. The third-order valence-corrected chi connectivity index (χ3v) is 2.17. The van der Waals surface area contributed by atoms with Crippen LogP contribution in [0.4, 0.5) is 0 Å². The summed E-state index contributed by atoms with van der Waals surface area (Å²) in [7, 11) is 0. The molecule has 0 aromatic carbocycles. The van der Waals surface area contributed by atoms with Crippen LogP contribution in [-0.2, 0) is 9.59 Å². The van der Waals surface area contributed by atoms with Crippen LogP contribution >= 0.6 is 0 Å². The van der Waals surface area contributed by atoms with E-state index in [9.17, 15) is 9.59 Å². The predicted molar refractivity (Wildman–Crippen MR) is 54.6 cm³/mol. The molecule has 14 heavy (non-hydrogen) atoms. The molecule has 4 nitrogen and oxygen atoms in total. The average Bonchev–Trinajstić information content (AvgIpc) is 1.82. The van der Waals surface area contributed by atoms with Gasteiger partial charge >= 0.3 is 41.5 Å². The molecule has 0 unspecified atom stereocenters. The molecule has 0 rings (SSSR count). The molecule has 0 aromatic rings. The molecule has 78 valence electrons. The molecule has 0 fully saturated rings. The van der Waals surface area contributed by atoms with Crippen molar-refractivity contribution in [2.45, 2.75) is 33.6 Å². The van der Waals surface area contributed by atoms with Gasteiger partial charge in [0.2, 0.25) is 0 Å². The van der Waals surface area contributed by atoms with Crippen LogP contribution in [0.15, 0.2) is 0 Å². The van der Waals surface area contributed by atoms with E-state index >= 15 is 0 Å². The molecule has 0 aliphatic heterocycles. The van der Waals surface area contributed by atoms with E-state index in [-0.39, 0.29) is 29.6 Å². The molecule has 0 aliphatic carbocycles. The van der Waals surface area contributed by atoms with Gasteiger partial charge in [-0.1, -0.05) is 27.2 Å². The maximum atomic E-state index is 10.7. The quantitative estimate of drug-likeness (QED) is 0.525. The van der Waals surface area contributed by atoms with Crippen LogP contribution in [0.2, 0.25) is 0 Å². The Bertz CT molecular complexity index is 199. The zero-order valence-corrected chi connectivity index (χ0v) is 8.20. The topological polar surface area (TPSA) is 74.6 Å². The van der Waals surface area contributed by atoms with Gasteiger partial charge in [0, 0.05) is 0 Å². The van der Waals surface area contributed by atoms with Crippen LogP contribution in [0.1, 0.15) is 33.6 Å². The van der Waals surface area contributed by atoms with Crippen LogP contribution in [0.5, 0.6) is 0 Å². The predicted octanol–water partition coefficient (Wildman–Crippen LogP) is 0.950. The number of hydrogen-bond acceptors (Lipinski definition) is 2. The van der Waals surface area contributed by atoms with E-state index in [4.69, 9.17) is 10.2 Å². The average molecular weight is 212 g/mol. The molecule has 0 saturated heterocycles. The van der Waals surface area contributed by atoms with Crippen LogP contribution < -0.4 is 0 Å². The van der Waals surface area contributed by atoms with E-state index in [2.05, 4.69) is 0 Å². The molecule has 2 N–H and O–H groups in total. The Labute approximate surface area is 106 Å². The Hall–Kier alpha value is -0.0600. The summed E-state index contributed by atoms with van der Waals surface area (Å²) in [5.41, 5.74) is -0.688. The molecule has 0 aliphatic rings. The van der Waals surface area contributed by atoms with Gasteiger partial charge in [0.05, 0.1) is 0 Å². The van der Waals surface area contributed by atoms with E-state index in [1.807, 2.05) is 6.92 Å². The van der Waals surface area contributed by atoms with Crippen LogP contribution in [0, 0.1) is 11.3 Å². The van der Waals surface area contributed by atoms with Crippen molar-refractivity contribution in [1.29, 1.82) is 0 Å². The molecular weight excluding hydrogens is 195 g/mol. The van der Waals surface area contributed by atoms with Crippen LogP contribution in [0.25, 0.3) is 0 Å². The van der Waals surface area contributed by atoms with Crippen molar-refractivity contribution in [3.8, 4) is 0 Å². The summed E-state index contributed by atoms with van der Waals surface area (Å²) in [6.07, 6.45) is 1.38. The second-order valence-electron chi connectivity index (χ2n) is 3.85. The number of carboxylic acid groups (broad SMARTS) is 2. The second kappa shape index (κ2) is 6.43. The summed E-state index contributed by atoms with van der Waals surface area (Å²) in [5.74, 6) is -3.83. The van der Waals surface area contributed by atoms with Crippen LogP contribution in [-0.4, -0.2) is 51.7 Å². The van der Waals surface area contributed by atoms with Gasteiger partial charge < -0.3 is 10.2 Å². The standard InChI is InChI=1S/C9H16O4.Na.H/c1-4-5-9(2,3)6(7(10)11)8(12)13;;/h6H,4-5H2,1-3H3,(H,10,11)(H,12,13);;. The Morgan fingerprint density at radius 3 is 1.79 bits per heavy atom. The fourth-order valence-electron chi connectivity index (χ4n) is 1.56. The van der Waals surface area contributed by atoms with Gasteiger partial charge in [-0.05, 0) is 11.8 Å². The van der Waals surface area contributed by atoms with Gasteiger partial charge in [-0.3, -0.25) is 9.59 Å². The van der Waals surface area contributed by atoms with Crippen LogP contribution in [0.3, 0.4) is 0 Å². The van der Waals surface area contributed by atoms with Crippen molar-refractivity contribution in [2.75, 3.05) is 0 Å². The second-order valence-corrected chi connectivity index (χ2v) is 3.85. The molecule has 0 atom stereocenters. The molecule has 5 heteroatoms. The number of aliphatic carboxylic acids is 2. The van der Waals surface area contributed by atoms with Gasteiger partial charge in [-0.25, -0.2) is 0 Å². The van der Waals surface area contributed by atoms with E-state index in [0.29, 0.717) is 6.42 Å². The van der Waals surface area contributed by atoms with E-state index in [0.717, 1.165) is 6.42 Å². The third-order valence-electron chi connectivity index (χ3n) is 2.17. The molecule has 0 heterocycles. The van der Waals surface area contributed by atoms with Gasteiger partial charge in [0.25, 0.3) is 0 Å². The molecule has 0 aromatic heterocycles. The molecule has 0 bridgehead atoms. The van der Waals surface area contributed by atoms with E-state index < -0.39 is 23.3 Å². The summed E-state index contributed by atoms with van der Waals surface area (Å²) < 4.78 is 0. The van der Waals surface area contributed by atoms with Crippen molar-refractivity contribution in [1.82, 2.24) is 0 Å². The van der Waals surface area contributed by atoms with Crippen molar-refractivity contribution in [2.24, 2.45) is 11.3 Å². The molecule has 0 radical (unpaired) electrons. The minimum absolute atomic E-state index is 0. The van der Waals surface area contributed by atoms with Crippen molar-refractivity contribution >= 4 is 41.5 Å². The first-order chi connectivity index (χ1) is 5.83. The van der Waals surface area contributed by atoms with E-state index in [1.54, 1.807) is 13.8 Å². The summed E-state index contributed by atoms with van der Waals surface area (Å²) in [6.45, 7) is 5.25. The zero-order chi connectivity index (χ0) is 10.6. The Kier molecular flexibility index (Phi) is 7.52. The SMILES string of the molecule is CCCC(C)(C)C(C(=O)O)C(=O)O.[NaH]. The first-order valence-electron chi connectivity index (χ1n) is 4.28. The normalized spacial score (nSPS) is 10.9. The first-order valence-corrected chi connectivity index (χ1v) is 4.28. The molecule has 0 saturated carbocycles. The van der Waals surface area contributed by atoms with Crippen molar-refractivity contribution in [3.05, 3.63) is 0 Å². The van der Waals surface area contributed by atoms with Gasteiger partial charge in [0.15, 0.2) is 5.92 Å². The number of carboxylic acids is 2. The summed E-state index contributed by atoms with van der Waals surface area (Å²) in [6, 6.07) is 0. The zero-order valence-electron chi connectivity index (χ0n) is 8.20. The minimum atomic E-state index is -1.31. The van der Waals surface area contributed by atoms with E-state index in [1.165, 1.54) is 0 Å². The summed E-state index contributed by atoms with van der Waals surface area (Å²) in [4.78, 5) is 21.4. The molecular formula is C9H17NaO4. The summed E-state index contributed by atoms with van der Waals surface area (Å²) in [5, 5.41) is 17.5. The fourth-order valence-corrected chi connectivity index (χ4v) is 1.56. The monoisotopic (exact) mass is 212 g/mol. The molecule has 0 amide bonds. The van der Waals surface area contributed by atoms with Gasteiger partial charge in [-0.2, -0.15) is 0 Å². The molecule has 0 spiro atoms. The third kappa shape index (κ3) is 4.44. The number of carbonyl (C=O) groups is 2. The Balaban J connectivity index is 0. The Morgan fingerprint density at radius 2 is 1.57 bits per heavy atom. The van der Waals surface area contributed by atoms with Crippen molar-refractivity contribution in [3.63, 3.8) is 0 Å². The van der Waals surface area contributed by atoms with Crippen molar-refractivity contribution < 1.29 is 19.8 Å². The number of hydrogen-bond donors (Lipinski definition) is 2. The Morgan fingerprint density at radius 1 is 1.21 bits per heavy atom. The first kappa shape index (κ1) is 16.4. The fraction of sp³-hybridized carbons (Fsp3) is 0.778.